The lowest BCUT2D eigenvalue weighted by Gasteiger charge is -2.62. The van der Waals surface area contributed by atoms with Crippen LogP contribution in [0.1, 0.15) is 56.5 Å². The summed E-state index contributed by atoms with van der Waals surface area (Å²) in [5, 5.41) is 18.5. The number of rotatable bonds is 9. The van der Waals surface area contributed by atoms with Gasteiger partial charge in [-0.1, -0.05) is 56.6 Å². The maximum Gasteiger partial charge on any atom is 0.251 e. The molecule has 230 valence electrons. The van der Waals surface area contributed by atoms with Gasteiger partial charge in [-0.05, 0) is 54.6 Å². The van der Waals surface area contributed by atoms with Crippen molar-refractivity contribution in [2.75, 3.05) is 20.7 Å². The predicted molar refractivity (Wildman–Crippen MR) is 167 cm³/mol. The van der Waals surface area contributed by atoms with Gasteiger partial charge in [0, 0.05) is 42.2 Å². The Morgan fingerprint density at radius 1 is 1.26 bits per heavy atom. The molecule has 3 saturated carbocycles. The first kappa shape index (κ1) is 31.5. The van der Waals surface area contributed by atoms with Crippen molar-refractivity contribution in [2.45, 2.75) is 71.4 Å². The Morgan fingerprint density at radius 2 is 2.00 bits per heavy atom. The normalized spacial score (nSPS) is 30.3. The van der Waals surface area contributed by atoms with E-state index in [9.17, 15) is 14.7 Å². The van der Waals surface area contributed by atoms with Crippen LogP contribution in [0.4, 0.5) is 0 Å². The zero-order valence-electron chi connectivity index (χ0n) is 26.1. The summed E-state index contributed by atoms with van der Waals surface area (Å²) in [6, 6.07) is 10.2. The van der Waals surface area contributed by atoms with Crippen molar-refractivity contribution in [3.8, 4) is 16.9 Å². The van der Waals surface area contributed by atoms with E-state index in [1.165, 1.54) is 6.42 Å². The lowest BCUT2D eigenvalue weighted by Crippen LogP contribution is -2.62. The van der Waals surface area contributed by atoms with Crippen LogP contribution in [0.25, 0.3) is 11.1 Å². The molecule has 2 bridgehead atoms. The minimum absolute atomic E-state index is 0.0774. The molecule has 0 spiro atoms. The van der Waals surface area contributed by atoms with E-state index in [1.54, 1.807) is 44.3 Å². The number of fused-ring (bicyclic) bond motifs is 2. The largest absolute Gasteiger partial charge is 0.496 e. The highest BCUT2D eigenvalue weighted by Gasteiger charge is 2.57. The summed E-state index contributed by atoms with van der Waals surface area (Å²) < 4.78 is 5.90. The Hall–Kier alpha value is -2.92. The molecule has 43 heavy (non-hydrogen) atoms. The lowest BCUT2D eigenvalue weighted by molar-refractivity contribution is -0.175. The predicted octanol–water partition coefficient (Wildman–Crippen LogP) is 2.14. The summed E-state index contributed by atoms with van der Waals surface area (Å²) in [4.78, 5) is 32.7. The summed E-state index contributed by atoms with van der Waals surface area (Å²) in [7, 11) is 9.32. The topological polar surface area (TPSA) is 126 Å². The summed E-state index contributed by atoms with van der Waals surface area (Å²) in [5.74, 6) is 1.22. The number of nitrogens with two attached hydrogens (primary N) is 1. The number of aliphatic hydroxyl groups is 1. The van der Waals surface area contributed by atoms with Crippen LogP contribution in [0.3, 0.4) is 0 Å². The molecule has 10 heteroatoms. The number of nitrogens with one attached hydrogen (secondary N) is 2. The first-order valence-electron chi connectivity index (χ1n) is 15.3. The highest BCUT2D eigenvalue weighted by molar-refractivity contribution is 6.33. The number of hydroxylamine groups is 2. The molecule has 3 aliphatic carbocycles. The van der Waals surface area contributed by atoms with E-state index >= 15 is 0 Å². The molecule has 2 aromatic rings. The van der Waals surface area contributed by atoms with Gasteiger partial charge in [-0.3, -0.25) is 14.4 Å². The third-order valence-electron chi connectivity index (χ3n) is 10.5. The first-order valence-corrected chi connectivity index (χ1v) is 15.3. The molecule has 6 rings (SSSR count). The van der Waals surface area contributed by atoms with Gasteiger partial charge in [0.05, 0.1) is 25.9 Å². The molecule has 0 aromatic heterocycles. The van der Waals surface area contributed by atoms with Crippen molar-refractivity contribution >= 4 is 25.1 Å². The molecule has 2 aromatic carbocycles. The highest BCUT2D eigenvalue weighted by atomic mass is 16.7. The fourth-order valence-corrected chi connectivity index (χ4v) is 7.96. The molecule has 4 fully saturated rings. The molecule has 1 heterocycles. The van der Waals surface area contributed by atoms with Crippen LogP contribution in [0.15, 0.2) is 36.4 Å². The van der Waals surface area contributed by atoms with Gasteiger partial charge in [-0.15, -0.1) is 0 Å². The van der Waals surface area contributed by atoms with Crippen LogP contribution in [-0.2, 0) is 16.2 Å². The van der Waals surface area contributed by atoms with Crippen molar-refractivity contribution in [3.05, 3.63) is 47.5 Å². The molecular weight excluding hydrogens is 543 g/mol. The highest BCUT2D eigenvalue weighted by Crippen LogP contribution is 2.61. The van der Waals surface area contributed by atoms with Crippen LogP contribution in [0, 0.1) is 29.1 Å². The summed E-state index contributed by atoms with van der Waals surface area (Å²) >= 11 is 0. The minimum atomic E-state index is -0.811. The number of para-hydroxylation sites is 1. The van der Waals surface area contributed by atoms with E-state index in [2.05, 4.69) is 31.4 Å². The summed E-state index contributed by atoms with van der Waals surface area (Å²) in [5.41, 5.74) is 9.54. The SMILES string of the molecule is [B]c1cc(C(=O)NC)cc(-c2cccc(CN3O[C@@H](CN)[C@H]([C@H](C)O)[C@H]3C(=O)N[C@H]3C[C@H]4C[C@@H]([C@@H]3C)C4(C)C)c2OC)c1. The number of carbonyl (C=O) groups is 2. The van der Waals surface area contributed by atoms with Crippen LogP contribution < -0.4 is 26.6 Å². The zero-order valence-corrected chi connectivity index (χ0v) is 26.1. The Balaban J connectivity index is 1.44. The molecule has 0 unspecified atom stereocenters. The quantitative estimate of drug-likeness (QED) is 0.331. The summed E-state index contributed by atoms with van der Waals surface area (Å²) in [6.07, 6.45) is 0.843. The monoisotopic (exact) mass is 588 g/mol. The number of methoxy groups -OCH3 is 1. The minimum Gasteiger partial charge on any atom is -0.496 e. The number of benzene rings is 2. The van der Waals surface area contributed by atoms with Crippen LogP contribution in [0.5, 0.6) is 5.75 Å². The second-order valence-corrected chi connectivity index (χ2v) is 13.2. The standard InChI is InChI=1S/C33H45BN4O5/c1-17-25-13-22(33(25,3)4)14-26(17)37-32(41)29-28(18(2)39)27(15-35)43-38(29)16-19-8-7-9-24(30(19)42-6)20-10-21(31(40)36-5)12-23(34)11-20/h7-12,17-18,22,25-29,39H,13-16,35H2,1-6H3,(H,36,40)(H,37,41)/t17-,18-,22+,25-,26-,27-,28-,29-/m0/s1. The average molecular weight is 589 g/mol. The average Bonchev–Trinajstić information content (AvgIpc) is 3.35. The lowest BCUT2D eigenvalue weighted by atomic mass is 9.45. The molecule has 8 atom stereocenters. The third-order valence-corrected chi connectivity index (χ3v) is 10.5. The fourth-order valence-electron chi connectivity index (χ4n) is 7.96. The number of nitrogens with zero attached hydrogens (tertiary/aromatic N) is 1. The Bertz CT molecular complexity index is 1370. The Morgan fingerprint density at radius 3 is 2.60 bits per heavy atom. The number of carbonyl (C=O) groups excluding carboxylic acids is 2. The molecule has 1 aliphatic heterocycles. The van der Waals surface area contributed by atoms with Gasteiger partial charge in [0.15, 0.2) is 0 Å². The Kier molecular flexibility index (Phi) is 8.96. The first-order chi connectivity index (χ1) is 20.4. The third kappa shape index (κ3) is 5.70. The zero-order chi connectivity index (χ0) is 31.2. The van der Waals surface area contributed by atoms with E-state index in [0.29, 0.717) is 39.9 Å². The van der Waals surface area contributed by atoms with Gasteiger partial charge in [0.1, 0.15) is 19.6 Å². The number of amides is 2. The molecule has 4 aliphatic rings. The van der Waals surface area contributed by atoms with Crippen LogP contribution >= 0.6 is 0 Å². The molecule has 2 amide bonds. The number of ether oxygens (including phenoxy) is 1. The van der Waals surface area contributed by atoms with Gasteiger partial charge in [-0.25, -0.2) is 0 Å². The maximum absolute atomic E-state index is 14.1. The molecule has 2 radical (unpaired) electrons. The van der Waals surface area contributed by atoms with Gasteiger partial charge in [-0.2, -0.15) is 5.06 Å². The fraction of sp³-hybridized carbons (Fsp3) is 0.576. The van der Waals surface area contributed by atoms with E-state index in [4.69, 9.17) is 23.2 Å². The number of aliphatic hydroxyl groups excluding tert-OH is 1. The van der Waals surface area contributed by atoms with Gasteiger partial charge < -0.3 is 26.2 Å². The van der Waals surface area contributed by atoms with Gasteiger partial charge >= 0.3 is 0 Å². The maximum atomic E-state index is 14.1. The second-order valence-electron chi connectivity index (χ2n) is 13.2. The number of hydrogen-bond donors (Lipinski definition) is 4. The van der Waals surface area contributed by atoms with E-state index < -0.39 is 24.2 Å². The Labute approximate surface area is 256 Å². The molecule has 1 saturated heterocycles. The smallest absolute Gasteiger partial charge is 0.251 e. The van der Waals surface area contributed by atoms with Gasteiger partial charge in [0.25, 0.3) is 5.91 Å². The van der Waals surface area contributed by atoms with Crippen molar-refractivity contribution in [1.29, 1.82) is 0 Å². The van der Waals surface area contributed by atoms with Crippen LogP contribution in [-0.4, -0.2) is 74.8 Å². The molecule has 5 N–H and O–H groups in total. The van der Waals surface area contributed by atoms with Crippen molar-refractivity contribution < 1.29 is 24.3 Å². The van der Waals surface area contributed by atoms with E-state index in [1.807, 2.05) is 18.2 Å². The second kappa shape index (κ2) is 12.2. The van der Waals surface area contributed by atoms with Crippen LogP contribution in [0.2, 0.25) is 0 Å². The van der Waals surface area contributed by atoms with Crippen molar-refractivity contribution in [3.63, 3.8) is 0 Å². The number of hydrogen-bond acceptors (Lipinski definition) is 7. The van der Waals surface area contributed by atoms with E-state index in [-0.39, 0.29) is 30.9 Å². The van der Waals surface area contributed by atoms with Gasteiger partial charge in [0.2, 0.25) is 5.91 Å². The summed E-state index contributed by atoms with van der Waals surface area (Å²) in [6.45, 7) is 8.99. The van der Waals surface area contributed by atoms with E-state index in [0.717, 1.165) is 23.1 Å². The molecule has 9 nitrogen and oxygen atoms in total. The molecular formula is C33H45BN4O5. The van der Waals surface area contributed by atoms with Crippen molar-refractivity contribution in [2.24, 2.45) is 34.8 Å². The van der Waals surface area contributed by atoms with Crippen molar-refractivity contribution in [1.82, 2.24) is 15.7 Å².